The van der Waals surface area contributed by atoms with Crippen LogP contribution in [0.2, 0.25) is 0 Å². The largest absolute Gasteiger partial charge is 0.397 e. The zero-order chi connectivity index (χ0) is 13.8. The van der Waals surface area contributed by atoms with Crippen molar-refractivity contribution in [1.29, 1.82) is 0 Å². The zero-order valence-corrected chi connectivity index (χ0v) is 11.8. The van der Waals surface area contributed by atoms with Crippen LogP contribution in [0, 0.1) is 0 Å². The van der Waals surface area contributed by atoms with E-state index >= 15 is 0 Å². The zero-order valence-electron chi connectivity index (χ0n) is 11.0. The van der Waals surface area contributed by atoms with Gasteiger partial charge in [-0.05, 0) is 24.6 Å². The summed E-state index contributed by atoms with van der Waals surface area (Å²) in [6.07, 6.45) is 4.05. The van der Waals surface area contributed by atoms with Crippen LogP contribution in [-0.4, -0.2) is 10.8 Å². The first kappa shape index (κ1) is 13.5. The fourth-order valence-corrected chi connectivity index (χ4v) is 2.86. The second kappa shape index (κ2) is 5.84. The number of nitrogens with two attached hydrogens (primary N) is 1. The summed E-state index contributed by atoms with van der Waals surface area (Å²) in [6.45, 7) is 3.89. The minimum atomic E-state index is 0.0876. The molecule has 0 bridgehead atoms. The summed E-state index contributed by atoms with van der Waals surface area (Å²) in [4.78, 5) is 16.4. The lowest BCUT2D eigenvalue weighted by Crippen LogP contribution is -2.05. The first-order valence-corrected chi connectivity index (χ1v) is 7.02. The Hall–Kier alpha value is -1.88. The minimum Gasteiger partial charge on any atom is -0.397 e. The first-order chi connectivity index (χ1) is 9.11. The van der Waals surface area contributed by atoms with Crippen molar-refractivity contribution in [3.05, 3.63) is 41.0 Å². The van der Waals surface area contributed by atoms with Crippen LogP contribution in [0.1, 0.15) is 41.5 Å². The van der Waals surface area contributed by atoms with Crippen LogP contribution in [0.25, 0.3) is 0 Å². The van der Waals surface area contributed by atoms with E-state index in [4.69, 9.17) is 5.73 Å². The van der Waals surface area contributed by atoms with Gasteiger partial charge in [-0.1, -0.05) is 13.0 Å². The van der Waals surface area contributed by atoms with Gasteiger partial charge in [0, 0.05) is 18.8 Å². The van der Waals surface area contributed by atoms with Crippen molar-refractivity contribution in [2.45, 2.75) is 26.3 Å². The second-order valence-corrected chi connectivity index (χ2v) is 5.38. The number of nitrogens with one attached hydrogen (secondary N) is 1. The monoisotopic (exact) mass is 275 g/mol. The predicted molar refractivity (Wildman–Crippen MR) is 79.6 cm³/mol. The molecule has 2 aromatic heterocycles. The fourth-order valence-electron chi connectivity index (χ4n) is 1.78. The number of anilines is 2. The number of hydrogen-bond donors (Lipinski definition) is 2. The molecule has 0 radical (unpaired) electrons. The number of ketones is 1. The Kier molecular flexibility index (Phi) is 4.16. The molecule has 3 N–H and O–H groups in total. The molecule has 0 amide bonds. The third-order valence-electron chi connectivity index (χ3n) is 2.88. The summed E-state index contributed by atoms with van der Waals surface area (Å²) in [7, 11) is 0. The molecule has 0 aromatic carbocycles. The van der Waals surface area contributed by atoms with Gasteiger partial charge in [-0.2, -0.15) is 0 Å². The Morgan fingerprint density at radius 1 is 1.58 bits per heavy atom. The SMILES string of the molecule is CCC(=O)c1sc(NC(C)c2cccnc2)cc1N. The lowest BCUT2D eigenvalue weighted by molar-refractivity contribution is 0.0993. The Bertz CT molecular complexity index is 565. The number of nitrogens with zero attached hydrogens (tertiary/aromatic N) is 1. The van der Waals surface area contributed by atoms with Crippen LogP contribution in [-0.2, 0) is 0 Å². The van der Waals surface area contributed by atoms with Gasteiger partial charge in [0.2, 0.25) is 0 Å². The molecule has 4 nitrogen and oxygen atoms in total. The van der Waals surface area contributed by atoms with E-state index in [1.165, 1.54) is 11.3 Å². The maximum atomic E-state index is 11.7. The molecule has 1 atom stereocenters. The number of Topliss-reactive ketones (excluding diaryl/α,β-unsaturated/α-hetero) is 1. The Balaban J connectivity index is 2.14. The standard InChI is InChI=1S/C14H17N3OS/c1-3-12(18)14-11(15)7-13(19-14)17-9(2)10-5-4-6-16-8-10/h4-9,17H,3,15H2,1-2H3. The third-order valence-corrected chi connectivity index (χ3v) is 4.00. The molecule has 0 spiro atoms. The lowest BCUT2D eigenvalue weighted by atomic mass is 10.1. The van der Waals surface area contributed by atoms with Crippen molar-refractivity contribution in [2.75, 3.05) is 11.1 Å². The van der Waals surface area contributed by atoms with Crippen molar-refractivity contribution < 1.29 is 4.79 Å². The van der Waals surface area contributed by atoms with E-state index in [-0.39, 0.29) is 11.8 Å². The fraction of sp³-hybridized carbons (Fsp3) is 0.286. The van der Waals surface area contributed by atoms with E-state index < -0.39 is 0 Å². The number of rotatable bonds is 5. The molecule has 0 aliphatic carbocycles. The molecule has 2 aromatic rings. The van der Waals surface area contributed by atoms with E-state index in [9.17, 15) is 4.79 Å². The van der Waals surface area contributed by atoms with Crippen LogP contribution in [0.15, 0.2) is 30.6 Å². The summed E-state index contributed by atoms with van der Waals surface area (Å²) in [5.41, 5.74) is 7.52. The Morgan fingerprint density at radius 3 is 3.00 bits per heavy atom. The number of aromatic nitrogens is 1. The first-order valence-electron chi connectivity index (χ1n) is 6.20. The van der Waals surface area contributed by atoms with Gasteiger partial charge >= 0.3 is 0 Å². The average Bonchev–Trinajstić information content (AvgIpc) is 2.79. The molecule has 0 fully saturated rings. The second-order valence-electron chi connectivity index (χ2n) is 4.32. The molecule has 2 rings (SSSR count). The smallest absolute Gasteiger partial charge is 0.174 e. The van der Waals surface area contributed by atoms with E-state index in [1.54, 1.807) is 6.20 Å². The maximum Gasteiger partial charge on any atom is 0.174 e. The normalized spacial score (nSPS) is 12.1. The van der Waals surface area contributed by atoms with Crippen molar-refractivity contribution >= 4 is 27.8 Å². The minimum absolute atomic E-state index is 0.0876. The van der Waals surface area contributed by atoms with Gasteiger partial charge in [-0.15, -0.1) is 11.3 Å². The molecule has 0 aliphatic heterocycles. The summed E-state index contributed by atoms with van der Waals surface area (Å²) in [5, 5.41) is 4.25. The third kappa shape index (κ3) is 3.12. The van der Waals surface area contributed by atoms with Gasteiger partial charge in [-0.3, -0.25) is 9.78 Å². The Morgan fingerprint density at radius 2 is 2.37 bits per heavy atom. The summed E-state index contributed by atoms with van der Waals surface area (Å²) < 4.78 is 0. The highest BCUT2D eigenvalue weighted by molar-refractivity contribution is 7.18. The Labute approximate surface area is 116 Å². The summed E-state index contributed by atoms with van der Waals surface area (Å²) in [5.74, 6) is 0.0876. The number of hydrogen-bond acceptors (Lipinski definition) is 5. The van der Waals surface area contributed by atoms with Crippen LogP contribution in [0.5, 0.6) is 0 Å². The molecule has 0 saturated heterocycles. The van der Waals surface area contributed by atoms with Gasteiger partial charge in [0.15, 0.2) is 5.78 Å². The van der Waals surface area contributed by atoms with Crippen molar-refractivity contribution in [3.8, 4) is 0 Å². The molecule has 1 unspecified atom stereocenters. The number of thiophene rings is 1. The number of pyridine rings is 1. The van der Waals surface area contributed by atoms with E-state index in [2.05, 4.69) is 10.3 Å². The number of carbonyl (C=O) groups is 1. The number of nitrogen functional groups attached to an aromatic ring is 1. The predicted octanol–water partition coefficient (Wildman–Crippen LogP) is 3.49. The number of carbonyl (C=O) groups excluding carboxylic acids is 1. The van der Waals surface area contributed by atoms with Crippen LogP contribution in [0.3, 0.4) is 0 Å². The van der Waals surface area contributed by atoms with Gasteiger partial charge in [0.05, 0.1) is 21.6 Å². The van der Waals surface area contributed by atoms with E-state index in [1.807, 2.05) is 38.2 Å². The quantitative estimate of drug-likeness (QED) is 0.820. The van der Waals surface area contributed by atoms with E-state index in [0.717, 1.165) is 10.6 Å². The van der Waals surface area contributed by atoms with Gasteiger partial charge in [-0.25, -0.2) is 0 Å². The molecule has 100 valence electrons. The van der Waals surface area contributed by atoms with Gasteiger partial charge in [0.1, 0.15) is 0 Å². The van der Waals surface area contributed by atoms with Gasteiger partial charge in [0.25, 0.3) is 0 Å². The van der Waals surface area contributed by atoms with Crippen molar-refractivity contribution in [1.82, 2.24) is 4.98 Å². The summed E-state index contributed by atoms with van der Waals surface area (Å²) >= 11 is 1.41. The van der Waals surface area contributed by atoms with E-state index in [0.29, 0.717) is 17.0 Å². The highest BCUT2D eigenvalue weighted by Crippen LogP contribution is 2.32. The molecule has 0 aliphatic rings. The van der Waals surface area contributed by atoms with Gasteiger partial charge < -0.3 is 11.1 Å². The molecular weight excluding hydrogens is 258 g/mol. The summed E-state index contributed by atoms with van der Waals surface area (Å²) in [6, 6.07) is 5.86. The molecule has 5 heteroatoms. The molecule has 19 heavy (non-hydrogen) atoms. The topological polar surface area (TPSA) is 68.0 Å². The van der Waals surface area contributed by atoms with Crippen LogP contribution >= 0.6 is 11.3 Å². The van der Waals surface area contributed by atoms with Crippen molar-refractivity contribution in [3.63, 3.8) is 0 Å². The highest BCUT2D eigenvalue weighted by Gasteiger charge is 2.14. The van der Waals surface area contributed by atoms with Crippen LogP contribution < -0.4 is 11.1 Å². The average molecular weight is 275 g/mol. The lowest BCUT2D eigenvalue weighted by Gasteiger charge is -2.13. The molecule has 0 saturated carbocycles. The van der Waals surface area contributed by atoms with Crippen LogP contribution in [0.4, 0.5) is 10.7 Å². The molecular formula is C14H17N3OS. The van der Waals surface area contributed by atoms with Crippen molar-refractivity contribution in [2.24, 2.45) is 0 Å². The highest BCUT2D eigenvalue weighted by atomic mass is 32.1. The molecule has 2 heterocycles. The maximum absolute atomic E-state index is 11.7.